The number of pyridine rings is 1. The highest BCUT2D eigenvalue weighted by Crippen LogP contribution is 2.50. The zero-order valence-corrected chi connectivity index (χ0v) is 40.5. The van der Waals surface area contributed by atoms with Gasteiger partial charge in [0, 0.05) is 49.5 Å². The van der Waals surface area contributed by atoms with Crippen LogP contribution < -0.4 is 16.0 Å². The quantitative estimate of drug-likeness (QED) is 0.105. The summed E-state index contributed by atoms with van der Waals surface area (Å²) < 4.78 is 4.04. The molecule has 0 aliphatic carbocycles. The van der Waals surface area contributed by atoms with Crippen LogP contribution in [0.15, 0.2) is 249 Å². The molecule has 11 aromatic rings. The molecule has 1 unspecified atom stereocenters. The van der Waals surface area contributed by atoms with Crippen LogP contribution in [0.2, 0.25) is 0 Å². The lowest BCUT2D eigenvalue weighted by Crippen LogP contribution is -2.45. The molecule has 9 nitrogen and oxygen atoms in total. The number of hydrogen-bond acceptors (Lipinski definition) is 7. The van der Waals surface area contributed by atoms with Crippen molar-refractivity contribution in [2.75, 3.05) is 30.3 Å². The molecule has 1 aliphatic heterocycles. The Balaban J connectivity index is 1.04. The molecule has 12 rings (SSSR count). The Morgan fingerprint density at radius 3 is 1.60 bits per heavy atom. The molecule has 0 saturated carbocycles. The topological polar surface area (TPSA) is 103 Å². The Bertz CT molecular complexity index is 3390. The molecule has 73 heavy (non-hydrogen) atoms. The molecule has 8 aromatic carbocycles. The highest BCUT2D eigenvalue weighted by molar-refractivity contribution is 5.84. The van der Waals surface area contributed by atoms with E-state index in [0.29, 0.717) is 29.9 Å². The summed E-state index contributed by atoms with van der Waals surface area (Å²) in [4.78, 5) is 8.03. The normalized spacial score (nSPS) is 14.1. The molecule has 356 valence electrons. The second-order valence-electron chi connectivity index (χ2n) is 18.9. The number of nitrogens with one attached hydrogen (secondary N) is 1. The van der Waals surface area contributed by atoms with Crippen LogP contribution in [0.1, 0.15) is 67.2 Å². The van der Waals surface area contributed by atoms with Gasteiger partial charge in [-0.25, -0.2) is 9.67 Å². The zero-order valence-electron chi connectivity index (χ0n) is 40.5. The van der Waals surface area contributed by atoms with Gasteiger partial charge in [0.05, 0.1) is 18.2 Å². The van der Waals surface area contributed by atoms with Crippen LogP contribution in [0.25, 0.3) is 11.2 Å². The third-order valence-corrected chi connectivity index (χ3v) is 14.7. The largest absolute Gasteiger partial charge is 0.383 e. The van der Waals surface area contributed by atoms with Crippen molar-refractivity contribution < 1.29 is 0 Å². The van der Waals surface area contributed by atoms with Gasteiger partial charge in [0.1, 0.15) is 16.9 Å². The fourth-order valence-corrected chi connectivity index (χ4v) is 11.5. The first-order valence-corrected chi connectivity index (χ1v) is 25.1. The second-order valence-corrected chi connectivity index (χ2v) is 18.9. The van der Waals surface area contributed by atoms with E-state index in [1.165, 1.54) is 16.8 Å². The lowest BCUT2D eigenvalue weighted by atomic mass is 9.63. The molecule has 4 heterocycles. The number of rotatable bonds is 14. The summed E-state index contributed by atoms with van der Waals surface area (Å²) >= 11 is 0. The van der Waals surface area contributed by atoms with Crippen molar-refractivity contribution in [3.63, 3.8) is 0 Å². The fraction of sp³-hybridized carbons (Fsp3) is 0.125. The molecule has 1 atom stereocenters. The first-order valence-electron chi connectivity index (χ1n) is 25.1. The van der Waals surface area contributed by atoms with Crippen LogP contribution >= 0.6 is 0 Å². The molecular weight excluding hydrogens is 895 g/mol. The van der Waals surface area contributed by atoms with Crippen molar-refractivity contribution in [3.05, 3.63) is 310 Å². The number of nitrogen functional groups attached to an aromatic ring is 1. The smallest absolute Gasteiger partial charge is 0.182 e. The summed E-state index contributed by atoms with van der Waals surface area (Å²) in [6.45, 7) is 3.36. The van der Waals surface area contributed by atoms with E-state index in [0.717, 1.165) is 69.7 Å². The number of fused-ring (bicyclic) bond motifs is 1. The van der Waals surface area contributed by atoms with Gasteiger partial charge in [-0.3, -0.25) is 4.68 Å². The average Bonchev–Trinajstić information content (AvgIpc) is 4.10. The molecule has 9 heteroatoms. The highest BCUT2D eigenvalue weighted by atomic mass is 15.5. The number of nitrogens with zero attached hydrogens (tertiary/aromatic N) is 7. The first kappa shape index (κ1) is 45.2. The van der Waals surface area contributed by atoms with E-state index in [1.54, 1.807) is 0 Å². The van der Waals surface area contributed by atoms with E-state index >= 15 is 0 Å². The van der Waals surface area contributed by atoms with E-state index in [1.807, 2.05) is 33.8 Å². The Hall–Kier alpha value is -8.92. The number of aromatic nitrogens is 6. The van der Waals surface area contributed by atoms with E-state index in [4.69, 9.17) is 26.1 Å². The van der Waals surface area contributed by atoms with Gasteiger partial charge in [-0.2, -0.15) is 5.10 Å². The van der Waals surface area contributed by atoms with Crippen molar-refractivity contribution in [2.45, 2.75) is 30.0 Å². The van der Waals surface area contributed by atoms with E-state index < -0.39 is 11.0 Å². The Morgan fingerprint density at radius 1 is 0.562 bits per heavy atom. The van der Waals surface area contributed by atoms with Crippen LogP contribution in [0, 0.1) is 0 Å². The van der Waals surface area contributed by atoms with E-state index in [-0.39, 0.29) is 6.04 Å². The van der Waals surface area contributed by atoms with Crippen LogP contribution in [-0.2, 0) is 23.9 Å². The van der Waals surface area contributed by atoms with Gasteiger partial charge >= 0.3 is 0 Å². The molecule has 1 fully saturated rings. The van der Waals surface area contributed by atoms with Crippen molar-refractivity contribution in [2.24, 2.45) is 0 Å². The van der Waals surface area contributed by atoms with Gasteiger partial charge in [0.15, 0.2) is 5.65 Å². The van der Waals surface area contributed by atoms with Crippen LogP contribution in [0.3, 0.4) is 0 Å². The summed E-state index contributed by atoms with van der Waals surface area (Å²) in [7, 11) is 0. The second kappa shape index (κ2) is 19.7. The fourth-order valence-electron chi connectivity index (χ4n) is 11.5. The summed E-state index contributed by atoms with van der Waals surface area (Å²) in [6, 6.07) is 83.4. The summed E-state index contributed by atoms with van der Waals surface area (Å²) in [6.07, 6.45) is 4.60. The SMILES string of the molecule is Nc1nc2c(nnn2C(c2ccccc2)(c2ccccc2)c2ccccc2)c(Cc2cnn(Cc3cccc(N4CCNC(c5ccccc5)C4)c3)c2)c1C(c1ccccc1)(c1ccccc1)c1ccccc1. The molecule has 1 aliphatic rings. The van der Waals surface area contributed by atoms with Crippen LogP contribution in [0.5, 0.6) is 0 Å². The van der Waals surface area contributed by atoms with Gasteiger partial charge in [0.25, 0.3) is 0 Å². The number of piperazine rings is 1. The number of benzene rings is 8. The first-order chi connectivity index (χ1) is 36.1. The van der Waals surface area contributed by atoms with Gasteiger partial charge in [0.2, 0.25) is 0 Å². The average molecular weight is 950 g/mol. The predicted molar refractivity (Wildman–Crippen MR) is 293 cm³/mol. The molecule has 3 aromatic heterocycles. The molecular formula is C64H55N9. The van der Waals surface area contributed by atoms with Crippen molar-refractivity contribution in [1.82, 2.24) is 35.1 Å². The highest BCUT2D eigenvalue weighted by Gasteiger charge is 2.46. The summed E-state index contributed by atoms with van der Waals surface area (Å²) in [5.74, 6) is 0.386. The molecule has 0 radical (unpaired) electrons. The maximum atomic E-state index is 7.74. The molecule has 3 N–H and O–H groups in total. The number of anilines is 2. The minimum absolute atomic E-state index is 0.267. The minimum atomic E-state index is -0.987. The van der Waals surface area contributed by atoms with Gasteiger partial charge in [-0.15, -0.1) is 5.10 Å². The monoisotopic (exact) mass is 949 g/mol. The predicted octanol–water partition coefficient (Wildman–Crippen LogP) is 11.6. The van der Waals surface area contributed by atoms with Crippen molar-refractivity contribution in [1.29, 1.82) is 0 Å². The minimum Gasteiger partial charge on any atom is -0.383 e. The third-order valence-electron chi connectivity index (χ3n) is 14.7. The van der Waals surface area contributed by atoms with Gasteiger partial charge in [-0.1, -0.05) is 230 Å². The lowest BCUT2D eigenvalue weighted by Gasteiger charge is -2.39. The summed E-state index contributed by atoms with van der Waals surface area (Å²) in [5.41, 5.74) is 19.7. The maximum Gasteiger partial charge on any atom is 0.182 e. The number of hydrogen-bond donors (Lipinski definition) is 2. The molecule has 1 saturated heterocycles. The van der Waals surface area contributed by atoms with E-state index in [9.17, 15) is 0 Å². The Labute approximate surface area is 426 Å². The maximum absolute atomic E-state index is 7.74. The Morgan fingerprint density at radius 2 is 1.07 bits per heavy atom. The lowest BCUT2D eigenvalue weighted by molar-refractivity contribution is 0.458. The Kier molecular flexibility index (Phi) is 12.2. The van der Waals surface area contributed by atoms with Crippen molar-refractivity contribution in [3.8, 4) is 0 Å². The standard InChI is InChI=1S/C64H55N9/c65-61-59(63(50-26-10-2-11-27-50,51-28-12-3-13-29-51)52-30-14-4-15-31-52)57(42-48-43-67-72(45-48)44-47-23-22-38-56(41-47)71-40-39-66-58(46-71)49-24-8-1-9-25-49)60-62(68-61)73(70-69-60)64(53-32-16-5-17-33-53,54-34-18-6-19-35-54)55-36-20-7-21-37-55/h1-38,41,43,45,58,66H,39-40,42,44,46H2,(H2,65,68). The molecule has 0 spiro atoms. The van der Waals surface area contributed by atoms with Gasteiger partial charge in [-0.05, 0) is 67.8 Å². The molecule has 0 amide bonds. The van der Waals surface area contributed by atoms with E-state index in [2.05, 4.69) is 235 Å². The zero-order chi connectivity index (χ0) is 49.0. The third kappa shape index (κ3) is 8.23. The van der Waals surface area contributed by atoms with Gasteiger partial charge < -0.3 is 16.0 Å². The van der Waals surface area contributed by atoms with Crippen LogP contribution in [0.4, 0.5) is 11.5 Å². The summed E-state index contributed by atoms with van der Waals surface area (Å²) in [5, 5.41) is 19.3. The van der Waals surface area contributed by atoms with Crippen molar-refractivity contribution >= 4 is 22.7 Å². The molecule has 0 bridgehead atoms. The van der Waals surface area contributed by atoms with Crippen LogP contribution in [-0.4, -0.2) is 49.4 Å². The number of nitrogens with two attached hydrogens (primary N) is 1.